The Kier molecular flexibility index (Phi) is 0.820. The molecule has 1 heterocycles. The van der Waals surface area contributed by atoms with E-state index in [1.807, 2.05) is 0 Å². The highest BCUT2D eigenvalue weighted by Gasteiger charge is 2.76. The van der Waals surface area contributed by atoms with Crippen LogP contribution in [0.1, 0.15) is 27.2 Å². The Morgan fingerprint density at radius 3 is 2.27 bits per heavy atom. The summed E-state index contributed by atoms with van der Waals surface area (Å²) in [5.41, 5.74) is 0.803. The molecule has 3 rings (SSSR count). The van der Waals surface area contributed by atoms with E-state index in [2.05, 4.69) is 20.8 Å². The normalized spacial score (nSPS) is 63.0. The second-order valence-electron chi connectivity index (χ2n) is 5.19. The minimum absolute atomic E-state index is 0.344. The Balaban J connectivity index is 2.05. The number of ether oxygens (including phenoxy) is 1. The lowest BCUT2D eigenvalue weighted by atomic mass is 9.72. The van der Waals surface area contributed by atoms with Crippen LogP contribution in [0.2, 0.25) is 0 Å². The number of rotatable bonds is 0. The van der Waals surface area contributed by atoms with Gasteiger partial charge in [0, 0.05) is 0 Å². The summed E-state index contributed by atoms with van der Waals surface area (Å²) in [6.07, 6.45) is 1.45. The molecule has 3 unspecified atom stereocenters. The van der Waals surface area contributed by atoms with Crippen LogP contribution in [0.3, 0.4) is 0 Å². The zero-order chi connectivity index (χ0) is 7.85. The molecule has 0 bridgehead atoms. The van der Waals surface area contributed by atoms with Gasteiger partial charge in [-0.25, -0.2) is 0 Å². The average Bonchev–Trinajstić information content (AvgIpc) is 2.78. The van der Waals surface area contributed by atoms with Gasteiger partial charge in [-0.05, 0) is 29.6 Å². The molecule has 1 nitrogen and oxygen atoms in total. The van der Waals surface area contributed by atoms with Crippen molar-refractivity contribution in [3.8, 4) is 0 Å². The van der Waals surface area contributed by atoms with Crippen molar-refractivity contribution in [2.45, 2.75) is 32.8 Å². The molecule has 0 N–H and O–H groups in total. The van der Waals surface area contributed by atoms with Gasteiger partial charge in [0.15, 0.2) is 0 Å². The predicted molar refractivity (Wildman–Crippen MR) is 43.2 cm³/mol. The lowest BCUT2D eigenvalue weighted by Crippen LogP contribution is -2.35. The maximum absolute atomic E-state index is 5.70. The number of hydrogen-bond acceptors (Lipinski definition) is 1. The molecule has 1 aliphatic heterocycles. The zero-order valence-electron chi connectivity index (χ0n) is 7.55. The maximum Gasteiger partial charge on any atom is 0.1000 e. The van der Waals surface area contributed by atoms with Crippen LogP contribution in [0, 0.1) is 23.2 Å². The molecule has 1 spiro atoms. The summed E-state index contributed by atoms with van der Waals surface area (Å²) in [6.45, 7) is 8.22. The van der Waals surface area contributed by atoms with Crippen LogP contribution in [0.5, 0.6) is 0 Å². The standard InChI is InChI=1S/C10H16O/c1-6-7-4-8(7)10(5-11-10)9(6,2)3/h6-8H,4-5H2,1-3H3/t6?,7?,8?,10-/m0/s1. The van der Waals surface area contributed by atoms with Crippen LogP contribution in [-0.4, -0.2) is 12.2 Å². The van der Waals surface area contributed by atoms with Crippen molar-refractivity contribution in [2.24, 2.45) is 23.2 Å². The SMILES string of the molecule is CC1C2CC2[C@@]2(CO2)C1(C)C. The summed E-state index contributed by atoms with van der Waals surface area (Å²) in [6, 6.07) is 0. The van der Waals surface area contributed by atoms with Gasteiger partial charge in [-0.1, -0.05) is 20.8 Å². The molecule has 0 aromatic rings. The zero-order valence-corrected chi connectivity index (χ0v) is 7.55. The van der Waals surface area contributed by atoms with Crippen LogP contribution in [-0.2, 0) is 4.74 Å². The molecule has 3 aliphatic rings. The Morgan fingerprint density at radius 2 is 2.00 bits per heavy atom. The van der Waals surface area contributed by atoms with E-state index in [-0.39, 0.29) is 0 Å². The van der Waals surface area contributed by atoms with Crippen molar-refractivity contribution in [3.63, 3.8) is 0 Å². The summed E-state index contributed by atoms with van der Waals surface area (Å²) < 4.78 is 5.70. The Bertz CT molecular complexity index is 215. The van der Waals surface area contributed by atoms with E-state index in [0.717, 1.165) is 24.4 Å². The molecule has 62 valence electrons. The molecule has 1 heteroatoms. The van der Waals surface area contributed by atoms with Crippen LogP contribution in [0.15, 0.2) is 0 Å². The van der Waals surface area contributed by atoms with Gasteiger partial charge in [-0.3, -0.25) is 0 Å². The monoisotopic (exact) mass is 152 g/mol. The summed E-state index contributed by atoms with van der Waals surface area (Å²) in [7, 11) is 0. The fourth-order valence-corrected chi connectivity index (χ4v) is 3.37. The van der Waals surface area contributed by atoms with Gasteiger partial charge in [-0.2, -0.15) is 0 Å². The quantitative estimate of drug-likeness (QED) is 0.484. The number of hydrogen-bond donors (Lipinski definition) is 0. The molecule has 4 atom stereocenters. The van der Waals surface area contributed by atoms with E-state index in [1.54, 1.807) is 0 Å². The van der Waals surface area contributed by atoms with Crippen LogP contribution < -0.4 is 0 Å². The fourth-order valence-electron chi connectivity index (χ4n) is 3.37. The maximum atomic E-state index is 5.70. The van der Waals surface area contributed by atoms with Crippen LogP contribution in [0.25, 0.3) is 0 Å². The largest absolute Gasteiger partial charge is 0.369 e. The first-order valence-electron chi connectivity index (χ1n) is 4.73. The van der Waals surface area contributed by atoms with Crippen molar-refractivity contribution in [3.05, 3.63) is 0 Å². The van der Waals surface area contributed by atoms with Gasteiger partial charge in [0.25, 0.3) is 0 Å². The first kappa shape index (κ1) is 6.47. The van der Waals surface area contributed by atoms with Gasteiger partial charge in [0.2, 0.25) is 0 Å². The molecule has 1 saturated heterocycles. The van der Waals surface area contributed by atoms with Crippen molar-refractivity contribution in [2.75, 3.05) is 6.61 Å². The topological polar surface area (TPSA) is 12.5 Å². The second kappa shape index (κ2) is 1.39. The lowest BCUT2D eigenvalue weighted by molar-refractivity contribution is 0.105. The summed E-state index contributed by atoms with van der Waals surface area (Å²) >= 11 is 0. The fraction of sp³-hybridized carbons (Fsp3) is 1.00. The Morgan fingerprint density at radius 1 is 1.36 bits per heavy atom. The molecule has 0 radical (unpaired) electrons. The molecular formula is C10H16O. The molecule has 3 fully saturated rings. The van der Waals surface area contributed by atoms with E-state index < -0.39 is 0 Å². The van der Waals surface area contributed by atoms with Crippen molar-refractivity contribution in [1.82, 2.24) is 0 Å². The smallest absolute Gasteiger partial charge is 0.1000 e. The molecular weight excluding hydrogens is 136 g/mol. The Hall–Kier alpha value is -0.0400. The van der Waals surface area contributed by atoms with E-state index in [1.165, 1.54) is 6.42 Å². The predicted octanol–water partition coefficient (Wildman–Crippen LogP) is 2.07. The minimum Gasteiger partial charge on any atom is -0.369 e. The van der Waals surface area contributed by atoms with E-state index in [4.69, 9.17) is 4.74 Å². The summed E-state index contributed by atoms with van der Waals surface area (Å²) in [5, 5.41) is 0. The summed E-state index contributed by atoms with van der Waals surface area (Å²) in [4.78, 5) is 0. The third kappa shape index (κ3) is 0.488. The first-order valence-corrected chi connectivity index (χ1v) is 4.73. The average molecular weight is 152 g/mol. The van der Waals surface area contributed by atoms with Gasteiger partial charge in [-0.15, -0.1) is 0 Å². The van der Waals surface area contributed by atoms with E-state index in [9.17, 15) is 0 Å². The molecule has 2 saturated carbocycles. The molecule has 0 aromatic heterocycles. The molecule has 2 aliphatic carbocycles. The van der Waals surface area contributed by atoms with Crippen molar-refractivity contribution in [1.29, 1.82) is 0 Å². The first-order chi connectivity index (χ1) is 5.09. The molecule has 0 aromatic carbocycles. The van der Waals surface area contributed by atoms with E-state index in [0.29, 0.717) is 11.0 Å². The van der Waals surface area contributed by atoms with Crippen LogP contribution in [0.4, 0.5) is 0 Å². The van der Waals surface area contributed by atoms with Crippen molar-refractivity contribution < 1.29 is 4.74 Å². The second-order valence-corrected chi connectivity index (χ2v) is 5.19. The van der Waals surface area contributed by atoms with E-state index >= 15 is 0 Å². The lowest BCUT2D eigenvalue weighted by Gasteiger charge is -2.32. The van der Waals surface area contributed by atoms with Gasteiger partial charge >= 0.3 is 0 Å². The molecule has 11 heavy (non-hydrogen) atoms. The highest BCUT2D eigenvalue weighted by atomic mass is 16.6. The Labute approximate surface area is 68.1 Å². The van der Waals surface area contributed by atoms with Crippen molar-refractivity contribution >= 4 is 0 Å². The minimum atomic E-state index is 0.344. The van der Waals surface area contributed by atoms with Gasteiger partial charge in [0.05, 0.1) is 12.2 Å². The highest BCUT2D eigenvalue weighted by Crippen LogP contribution is 2.73. The summed E-state index contributed by atoms with van der Waals surface area (Å²) in [5.74, 6) is 2.83. The number of epoxide rings is 1. The van der Waals surface area contributed by atoms with Gasteiger partial charge in [0.1, 0.15) is 0 Å². The molecule has 0 amide bonds. The third-order valence-electron chi connectivity index (χ3n) is 4.77. The van der Waals surface area contributed by atoms with Gasteiger partial charge < -0.3 is 4.74 Å². The number of fused-ring (bicyclic) bond motifs is 2. The van der Waals surface area contributed by atoms with Crippen LogP contribution >= 0.6 is 0 Å². The third-order valence-corrected chi connectivity index (χ3v) is 4.77. The highest BCUT2D eigenvalue weighted by molar-refractivity contribution is 5.24.